The third-order valence-corrected chi connectivity index (χ3v) is 2.37. The van der Waals surface area contributed by atoms with Gasteiger partial charge in [-0.15, -0.1) is 0 Å². The molecule has 0 bridgehead atoms. The number of aryl methyl sites for hydroxylation is 1. The highest BCUT2D eigenvalue weighted by Crippen LogP contribution is 2.19. The minimum atomic E-state index is 0.395. The van der Waals surface area contributed by atoms with Crippen molar-refractivity contribution in [3.8, 4) is 0 Å². The summed E-state index contributed by atoms with van der Waals surface area (Å²) in [5, 5.41) is 3.28. The predicted molar refractivity (Wildman–Crippen MR) is 56.7 cm³/mol. The van der Waals surface area contributed by atoms with Crippen molar-refractivity contribution >= 4 is 0 Å². The van der Waals surface area contributed by atoms with Crippen molar-refractivity contribution < 1.29 is 0 Å². The molecule has 0 heterocycles. The molecule has 0 saturated heterocycles. The lowest BCUT2D eigenvalue weighted by atomic mass is 9.99. The zero-order valence-corrected chi connectivity index (χ0v) is 8.38. The average Bonchev–Trinajstić information content (AvgIpc) is 2.16. The Balaban J connectivity index is 2.84. The van der Waals surface area contributed by atoms with Crippen LogP contribution in [0.15, 0.2) is 24.3 Å². The van der Waals surface area contributed by atoms with E-state index in [0.29, 0.717) is 6.04 Å². The maximum Gasteiger partial charge on any atom is 0.0332 e. The summed E-state index contributed by atoms with van der Waals surface area (Å²) in [7, 11) is 1.98. The van der Waals surface area contributed by atoms with Gasteiger partial charge in [0.05, 0.1) is 0 Å². The Bertz CT molecular complexity index is 258. The van der Waals surface area contributed by atoms with Gasteiger partial charge >= 0.3 is 0 Å². The Morgan fingerprint density at radius 2 is 2.08 bits per heavy atom. The summed E-state index contributed by atoms with van der Waals surface area (Å²) in [5.74, 6) is 0. The normalized spacial score (nSPS) is 12.8. The molecular formula is C11H18N2. The van der Waals surface area contributed by atoms with Gasteiger partial charge in [-0.1, -0.05) is 24.3 Å². The van der Waals surface area contributed by atoms with Gasteiger partial charge in [-0.2, -0.15) is 0 Å². The molecule has 2 heteroatoms. The van der Waals surface area contributed by atoms with E-state index in [1.165, 1.54) is 11.1 Å². The van der Waals surface area contributed by atoms with E-state index >= 15 is 0 Å². The number of nitrogens with one attached hydrogen (secondary N) is 1. The summed E-state index contributed by atoms with van der Waals surface area (Å²) in [6.45, 7) is 2.86. The minimum absolute atomic E-state index is 0.395. The van der Waals surface area contributed by atoms with Crippen molar-refractivity contribution in [2.45, 2.75) is 19.4 Å². The maximum absolute atomic E-state index is 5.55. The van der Waals surface area contributed by atoms with E-state index in [-0.39, 0.29) is 0 Å². The second-order valence-corrected chi connectivity index (χ2v) is 3.28. The van der Waals surface area contributed by atoms with Crippen molar-refractivity contribution in [3.05, 3.63) is 35.4 Å². The summed E-state index contributed by atoms with van der Waals surface area (Å²) >= 11 is 0. The molecule has 0 aliphatic rings. The SMILES string of the molecule is CNC(CCN)c1ccccc1C. The van der Waals surface area contributed by atoms with Crippen LogP contribution < -0.4 is 11.1 Å². The summed E-state index contributed by atoms with van der Waals surface area (Å²) in [6.07, 6.45) is 0.987. The van der Waals surface area contributed by atoms with Gasteiger partial charge in [-0.3, -0.25) is 0 Å². The highest BCUT2D eigenvalue weighted by atomic mass is 14.9. The molecule has 0 fully saturated rings. The van der Waals surface area contributed by atoms with Crippen LogP contribution in [0.1, 0.15) is 23.6 Å². The molecule has 3 N–H and O–H groups in total. The Labute approximate surface area is 80.1 Å². The Hall–Kier alpha value is -0.860. The fourth-order valence-corrected chi connectivity index (χ4v) is 1.60. The number of nitrogens with two attached hydrogens (primary N) is 1. The molecule has 2 nitrogen and oxygen atoms in total. The smallest absolute Gasteiger partial charge is 0.0332 e. The molecule has 1 rings (SSSR count). The van der Waals surface area contributed by atoms with E-state index < -0.39 is 0 Å². The molecule has 1 atom stereocenters. The van der Waals surface area contributed by atoms with Gasteiger partial charge in [0.1, 0.15) is 0 Å². The predicted octanol–water partition coefficient (Wildman–Crippen LogP) is 1.60. The first-order valence-electron chi connectivity index (χ1n) is 4.72. The quantitative estimate of drug-likeness (QED) is 0.735. The first-order valence-corrected chi connectivity index (χ1v) is 4.72. The number of hydrogen-bond acceptors (Lipinski definition) is 2. The van der Waals surface area contributed by atoms with Crippen LogP contribution in [0.3, 0.4) is 0 Å². The zero-order chi connectivity index (χ0) is 9.68. The lowest BCUT2D eigenvalue weighted by Gasteiger charge is -2.17. The monoisotopic (exact) mass is 178 g/mol. The second-order valence-electron chi connectivity index (χ2n) is 3.28. The summed E-state index contributed by atoms with van der Waals surface area (Å²) in [5.41, 5.74) is 8.24. The second kappa shape index (κ2) is 5.00. The molecule has 0 saturated carbocycles. The van der Waals surface area contributed by atoms with E-state index in [1.54, 1.807) is 0 Å². The average molecular weight is 178 g/mol. The molecule has 0 aliphatic heterocycles. The third kappa shape index (κ3) is 2.54. The highest BCUT2D eigenvalue weighted by Gasteiger charge is 2.09. The maximum atomic E-state index is 5.55. The number of rotatable bonds is 4. The lowest BCUT2D eigenvalue weighted by molar-refractivity contribution is 0.554. The lowest BCUT2D eigenvalue weighted by Crippen LogP contribution is -2.20. The van der Waals surface area contributed by atoms with Crippen LogP contribution in [0.4, 0.5) is 0 Å². The summed E-state index contributed by atoms with van der Waals surface area (Å²) < 4.78 is 0. The van der Waals surface area contributed by atoms with Crippen LogP contribution in [0, 0.1) is 6.92 Å². The Kier molecular flexibility index (Phi) is 3.93. The molecule has 1 aromatic carbocycles. The third-order valence-electron chi connectivity index (χ3n) is 2.37. The molecule has 13 heavy (non-hydrogen) atoms. The first kappa shape index (κ1) is 10.2. The molecule has 0 amide bonds. The van der Waals surface area contributed by atoms with Gasteiger partial charge in [-0.05, 0) is 38.1 Å². The summed E-state index contributed by atoms with van der Waals surface area (Å²) in [4.78, 5) is 0. The minimum Gasteiger partial charge on any atom is -0.330 e. The van der Waals surface area contributed by atoms with Gasteiger partial charge in [0, 0.05) is 6.04 Å². The Morgan fingerprint density at radius 3 is 2.62 bits per heavy atom. The first-order chi connectivity index (χ1) is 6.29. The van der Waals surface area contributed by atoms with Crippen molar-refractivity contribution in [3.63, 3.8) is 0 Å². The van der Waals surface area contributed by atoms with Crippen LogP contribution in [-0.2, 0) is 0 Å². The van der Waals surface area contributed by atoms with Crippen molar-refractivity contribution in [1.82, 2.24) is 5.32 Å². The topological polar surface area (TPSA) is 38.0 Å². The van der Waals surface area contributed by atoms with Crippen LogP contribution >= 0.6 is 0 Å². The molecule has 1 aromatic rings. The molecule has 0 aliphatic carbocycles. The molecule has 0 radical (unpaired) electrons. The molecule has 0 spiro atoms. The van der Waals surface area contributed by atoms with Crippen molar-refractivity contribution in [2.75, 3.05) is 13.6 Å². The molecular weight excluding hydrogens is 160 g/mol. The zero-order valence-electron chi connectivity index (χ0n) is 8.38. The van der Waals surface area contributed by atoms with E-state index in [1.807, 2.05) is 7.05 Å². The van der Waals surface area contributed by atoms with E-state index in [0.717, 1.165) is 13.0 Å². The Morgan fingerprint density at radius 1 is 1.38 bits per heavy atom. The number of hydrogen-bond donors (Lipinski definition) is 2. The van der Waals surface area contributed by atoms with Crippen LogP contribution in [0.25, 0.3) is 0 Å². The van der Waals surface area contributed by atoms with E-state index in [2.05, 4.69) is 36.5 Å². The van der Waals surface area contributed by atoms with E-state index in [9.17, 15) is 0 Å². The van der Waals surface area contributed by atoms with Crippen molar-refractivity contribution in [2.24, 2.45) is 5.73 Å². The fourth-order valence-electron chi connectivity index (χ4n) is 1.60. The molecule has 72 valence electrons. The fraction of sp³-hybridized carbons (Fsp3) is 0.455. The van der Waals surface area contributed by atoms with E-state index in [4.69, 9.17) is 5.73 Å². The summed E-state index contributed by atoms with van der Waals surface area (Å²) in [6, 6.07) is 8.82. The highest BCUT2D eigenvalue weighted by molar-refractivity contribution is 5.28. The molecule has 1 unspecified atom stereocenters. The van der Waals surface area contributed by atoms with Gasteiger partial charge in [0.2, 0.25) is 0 Å². The van der Waals surface area contributed by atoms with Gasteiger partial charge < -0.3 is 11.1 Å². The van der Waals surface area contributed by atoms with Crippen LogP contribution in [0.5, 0.6) is 0 Å². The van der Waals surface area contributed by atoms with Gasteiger partial charge in [0.15, 0.2) is 0 Å². The largest absolute Gasteiger partial charge is 0.330 e. The number of benzene rings is 1. The van der Waals surface area contributed by atoms with Crippen molar-refractivity contribution in [1.29, 1.82) is 0 Å². The van der Waals surface area contributed by atoms with Gasteiger partial charge in [0.25, 0.3) is 0 Å². The van der Waals surface area contributed by atoms with Gasteiger partial charge in [-0.25, -0.2) is 0 Å². The van der Waals surface area contributed by atoms with Crippen LogP contribution in [-0.4, -0.2) is 13.6 Å². The standard InChI is InChI=1S/C11H18N2/c1-9-5-3-4-6-10(9)11(13-2)7-8-12/h3-6,11,13H,7-8,12H2,1-2H3. The molecule has 0 aromatic heterocycles. The van der Waals surface area contributed by atoms with Crippen LogP contribution in [0.2, 0.25) is 0 Å².